The number of benzene rings is 1. The van der Waals surface area contributed by atoms with Crippen LogP contribution in [0.2, 0.25) is 0 Å². The van der Waals surface area contributed by atoms with E-state index in [0.29, 0.717) is 6.42 Å². The molecule has 0 radical (unpaired) electrons. The van der Waals surface area contributed by atoms with E-state index in [1.165, 1.54) is 24.3 Å². The monoisotopic (exact) mass is 340 g/mol. The van der Waals surface area contributed by atoms with E-state index in [1.807, 2.05) is 0 Å². The van der Waals surface area contributed by atoms with Crippen LogP contribution in [0.1, 0.15) is 37.7 Å². The highest BCUT2D eigenvalue weighted by Gasteiger charge is 2.40. The fraction of sp³-hybridized carbons (Fsp3) is 0.529. The number of carbonyl (C=O) groups is 1. The van der Waals surface area contributed by atoms with Gasteiger partial charge in [-0.15, -0.1) is 0 Å². The van der Waals surface area contributed by atoms with Crippen LogP contribution in [0.4, 0.5) is 13.2 Å². The molecule has 1 N–H and O–H groups in total. The van der Waals surface area contributed by atoms with E-state index in [-0.39, 0.29) is 23.4 Å². The van der Waals surface area contributed by atoms with Crippen LogP contribution in [0.3, 0.4) is 0 Å². The highest BCUT2D eigenvalue weighted by Crippen LogP contribution is 2.32. The van der Waals surface area contributed by atoms with E-state index >= 15 is 0 Å². The smallest absolute Gasteiger partial charge is 0.382 e. The number of hydrogen-bond donors (Lipinski definition) is 1. The van der Waals surface area contributed by atoms with Crippen LogP contribution in [0.25, 0.3) is 0 Å². The highest BCUT2D eigenvalue weighted by molar-refractivity contribution is 6.04. The molecule has 0 bridgehead atoms. The summed E-state index contributed by atoms with van der Waals surface area (Å²) < 4.78 is 39.6. The molecule has 1 saturated heterocycles. The molecule has 0 spiro atoms. The third-order valence-electron chi connectivity index (χ3n) is 4.63. The van der Waals surface area contributed by atoms with Gasteiger partial charge in [-0.3, -0.25) is 4.79 Å². The minimum Gasteiger partial charge on any atom is -0.382 e. The quantitative estimate of drug-likeness (QED) is 0.677. The minimum absolute atomic E-state index is 0.0863. The van der Waals surface area contributed by atoms with Gasteiger partial charge in [-0.05, 0) is 18.8 Å². The van der Waals surface area contributed by atoms with Crippen LogP contribution in [0.15, 0.2) is 35.5 Å². The number of nitrogens with zero attached hydrogens (tertiary/aromatic N) is 1. The van der Waals surface area contributed by atoms with E-state index in [9.17, 15) is 18.0 Å². The largest absolute Gasteiger partial charge is 0.437 e. The predicted octanol–water partition coefficient (Wildman–Crippen LogP) is 3.42. The summed E-state index contributed by atoms with van der Waals surface area (Å²) in [6.07, 6.45) is -1.18. The summed E-state index contributed by atoms with van der Waals surface area (Å²) in [7, 11) is 0. The lowest BCUT2D eigenvalue weighted by molar-refractivity contribution is -0.140. The van der Waals surface area contributed by atoms with Crippen LogP contribution in [0.5, 0.6) is 0 Å². The summed E-state index contributed by atoms with van der Waals surface area (Å²) >= 11 is 0. The Kier molecular flexibility index (Phi) is 4.78. The molecule has 1 amide bonds. The number of fused-ring (bicyclic) bond motifs is 1. The summed E-state index contributed by atoms with van der Waals surface area (Å²) in [5.41, 5.74) is -1.21. The summed E-state index contributed by atoms with van der Waals surface area (Å²) in [5.74, 6) is -0.126. The molecule has 1 aromatic carbocycles. The molecule has 24 heavy (non-hydrogen) atoms. The van der Waals surface area contributed by atoms with E-state index < -0.39 is 18.0 Å². The van der Waals surface area contributed by atoms with Crippen molar-refractivity contribution in [2.24, 2.45) is 11.1 Å². The SMILES string of the molecule is O=C1NC2CCCCC2CC1O/N=C(/c1ccccc1)C(F)(F)F. The third-order valence-corrected chi connectivity index (χ3v) is 4.63. The molecule has 1 aliphatic heterocycles. The Morgan fingerprint density at radius 1 is 1.17 bits per heavy atom. The Morgan fingerprint density at radius 3 is 2.58 bits per heavy atom. The molecule has 3 unspecified atom stereocenters. The van der Waals surface area contributed by atoms with Crippen molar-refractivity contribution in [1.29, 1.82) is 0 Å². The molecule has 0 aromatic heterocycles. The van der Waals surface area contributed by atoms with Gasteiger partial charge in [0.1, 0.15) is 0 Å². The zero-order chi connectivity index (χ0) is 17.2. The minimum atomic E-state index is -4.65. The van der Waals surface area contributed by atoms with Gasteiger partial charge in [0.25, 0.3) is 5.91 Å². The average molecular weight is 340 g/mol. The van der Waals surface area contributed by atoms with Crippen LogP contribution in [-0.4, -0.2) is 29.9 Å². The third kappa shape index (κ3) is 3.71. The first-order valence-electron chi connectivity index (χ1n) is 8.12. The van der Waals surface area contributed by atoms with Crippen LogP contribution in [0, 0.1) is 5.92 Å². The lowest BCUT2D eigenvalue weighted by Crippen LogP contribution is -2.53. The fourth-order valence-electron chi connectivity index (χ4n) is 3.41. The zero-order valence-electron chi connectivity index (χ0n) is 13.1. The molecule has 3 atom stereocenters. The molecule has 1 aromatic rings. The lowest BCUT2D eigenvalue weighted by atomic mass is 9.78. The number of piperidine rings is 1. The summed E-state index contributed by atoms with van der Waals surface area (Å²) in [6, 6.07) is 7.36. The van der Waals surface area contributed by atoms with Crippen molar-refractivity contribution in [2.75, 3.05) is 0 Å². The highest BCUT2D eigenvalue weighted by atomic mass is 19.4. The van der Waals surface area contributed by atoms with Crippen molar-refractivity contribution < 1.29 is 22.8 Å². The van der Waals surface area contributed by atoms with Gasteiger partial charge in [0.05, 0.1) is 0 Å². The Morgan fingerprint density at radius 2 is 1.88 bits per heavy atom. The normalized spacial score (nSPS) is 28.0. The number of oxime groups is 1. The standard InChI is InChI=1S/C17H19F3N2O2/c18-17(19,20)15(11-6-2-1-3-7-11)22-24-14-10-12-8-4-5-9-13(12)21-16(14)23/h1-3,6-7,12-14H,4-5,8-10H2,(H,21,23)/b22-15-. The van der Waals surface area contributed by atoms with E-state index in [2.05, 4.69) is 10.5 Å². The summed E-state index contributed by atoms with van der Waals surface area (Å²) in [5, 5.41) is 6.16. The first-order valence-corrected chi connectivity index (χ1v) is 8.12. The summed E-state index contributed by atoms with van der Waals surface area (Å²) in [4.78, 5) is 17.1. The molecule has 2 aliphatic rings. The number of rotatable bonds is 3. The predicted molar refractivity (Wildman–Crippen MR) is 82.4 cm³/mol. The topological polar surface area (TPSA) is 50.7 Å². The van der Waals surface area contributed by atoms with Crippen molar-refractivity contribution in [3.63, 3.8) is 0 Å². The molecule has 2 fully saturated rings. The van der Waals surface area contributed by atoms with Crippen molar-refractivity contribution in [2.45, 2.75) is 50.4 Å². The first-order chi connectivity index (χ1) is 11.4. The van der Waals surface area contributed by atoms with Crippen LogP contribution in [-0.2, 0) is 9.63 Å². The van der Waals surface area contributed by atoms with Gasteiger partial charge >= 0.3 is 6.18 Å². The van der Waals surface area contributed by atoms with Gasteiger partial charge in [0.15, 0.2) is 5.71 Å². The van der Waals surface area contributed by atoms with Gasteiger partial charge in [-0.1, -0.05) is 48.3 Å². The number of alkyl halides is 3. The first kappa shape index (κ1) is 16.8. The molecule has 4 nitrogen and oxygen atoms in total. The fourth-order valence-corrected chi connectivity index (χ4v) is 3.41. The van der Waals surface area contributed by atoms with Crippen LogP contribution >= 0.6 is 0 Å². The number of halogens is 3. The molecule has 3 rings (SSSR count). The molecule has 7 heteroatoms. The second-order valence-corrected chi connectivity index (χ2v) is 6.29. The second-order valence-electron chi connectivity index (χ2n) is 6.29. The molecular formula is C17H19F3N2O2. The number of carbonyl (C=O) groups excluding carboxylic acids is 1. The number of nitrogens with one attached hydrogen (secondary N) is 1. The zero-order valence-corrected chi connectivity index (χ0v) is 13.1. The van der Waals surface area contributed by atoms with Gasteiger partial charge in [-0.25, -0.2) is 0 Å². The van der Waals surface area contributed by atoms with E-state index in [4.69, 9.17) is 4.84 Å². The Balaban J connectivity index is 1.75. The average Bonchev–Trinajstić information content (AvgIpc) is 2.55. The molecule has 130 valence electrons. The molecule has 1 aliphatic carbocycles. The Bertz CT molecular complexity index is 616. The Hall–Kier alpha value is -2.05. The summed E-state index contributed by atoms with van der Waals surface area (Å²) in [6.45, 7) is 0. The molecule has 1 heterocycles. The maximum absolute atomic E-state index is 13.2. The van der Waals surface area contributed by atoms with Gasteiger partial charge in [-0.2, -0.15) is 13.2 Å². The van der Waals surface area contributed by atoms with Crippen molar-refractivity contribution in [3.05, 3.63) is 35.9 Å². The van der Waals surface area contributed by atoms with E-state index in [0.717, 1.165) is 25.7 Å². The molecule has 1 saturated carbocycles. The molecular weight excluding hydrogens is 321 g/mol. The van der Waals surface area contributed by atoms with Gasteiger partial charge in [0, 0.05) is 18.0 Å². The maximum atomic E-state index is 13.2. The van der Waals surface area contributed by atoms with Crippen molar-refractivity contribution >= 4 is 11.6 Å². The maximum Gasteiger partial charge on any atom is 0.437 e. The van der Waals surface area contributed by atoms with Crippen LogP contribution < -0.4 is 5.32 Å². The van der Waals surface area contributed by atoms with Gasteiger partial charge < -0.3 is 10.2 Å². The van der Waals surface area contributed by atoms with Crippen molar-refractivity contribution in [1.82, 2.24) is 5.32 Å². The number of amides is 1. The number of hydrogen-bond acceptors (Lipinski definition) is 3. The second kappa shape index (κ2) is 6.83. The van der Waals surface area contributed by atoms with Gasteiger partial charge in [0.2, 0.25) is 6.10 Å². The van der Waals surface area contributed by atoms with Crippen molar-refractivity contribution in [3.8, 4) is 0 Å². The lowest BCUT2D eigenvalue weighted by Gasteiger charge is -2.38. The van der Waals surface area contributed by atoms with E-state index in [1.54, 1.807) is 6.07 Å². The Labute approximate surface area is 138 Å².